The molecule has 1 aliphatic rings. The monoisotopic (exact) mass is 396 g/mol. The van der Waals surface area contributed by atoms with Gasteiger partial charge in [0, 0.05) is 21.8 Å². The van der Waals surface area contributed by atoms with Gasteiger partial charge < -0.3 is 9.47 Å². The standard InChI is InChI=1S/C13H14BrClO5S/c14-12-5-4-10(21(15,17)18)7-11(12)13(16)20-8-9-3-1-2-6-19-9/h4-5,7,9H,1-3,6,8H2. The zero-order chi connectivity index (χ0) is 15.5. The van der Waals surface area contributed by atoms with E-state index < -0.39 is 15.0 Å². The van der Waals surface area contributed by atoms with Gasteiger partial charge in [0.05, 0.1) is 16.6 Å². The Morgan fingerprint density at radius 3 is 2.81 bits per heavy atom. The molecule has 0 N–H and O–H groups in total. The van der Waals surface area contributed by atoms with Crippen LogP contribution in [0.2, 0.25) is 0 Å². The van der Waals surface area contributed by atoms with E-state index in [4.69, 9.17) is 20.2 Å². The Bertz CT molecular complexity index is 625. The van der Waals surface area contributed by atoms with Crippen LogP contribution >= 0.6 is 26.6 Å². The SMILES string of the molecule is O=C(OCC1CCCCO1)c1cc(S(=O)(=O)Cl)ccc1Br. The van der Waals surface area contributed by atoms with E-state index >= 15 is 0 Å². The first-order valence-electron chi connectivity index (χ1n) is 6.41. The average Bonchev–Trinajstić information content (AvgIpc) is 2.45. The molecule has 1 heterocycles. The minimum absolute atomic E-state index is 0.0959. The van der Waals surface area contributed by atoms with Crippen molar-refractivity contribution in [2.75, 3.05) is 13.2 Å². The molecule has 1 atom stereocenters. The number of hydrogen-bond donors (Lipinski definition) is 0. The largest absolute Gasteiger partial charge is 0.459 e. The Kier molecular flexibility index (Phi) is 5.65. The van der Waals surface area contributed by atoms with Crippen LogP contribution in [-0.2, 0) is 18.5 Å². The second-order valence-electron chi connectivity index (χ2n) is 4.67. The van der Waals surface area contributed by atoms with Crippen molar-refractivity contribution in [3.63, 3.8) is 0 Å². The molecule has 1 aliphatic heterocycles. The molecule has 1 fully saturated rings. The van der Waals surface area contributed by atoms with Gasteiger partial charge in [-0.2, -0.15) is 0 Å². The highest BCUT2D eigenvalue weighted by Crippen LogP contribution is 2.24. The minimum Gasteiger partial charge on any atom is -0.459 e. The van der Waals surface area contributed by atoms with Gasteiger partial charge in [-0.15, -0.1) is 0 Å². The molecule has 21 heavy (non-hydrogen) atoms. The molecule has 0 radical (unpaired) electrons. The van der Waals surface area contributed by atoms with Crippen molar-refractivity contribution < 1.29 is 22.7 Å². The predicted octanol–water partition coefficient (Wildman–Crippen LogP) is 3.10. The Morgan fingerprint density at radius 1 is 1.43 bits per heavy atom. The van der Waals surface area contributed by atoms with E-state index in [0.29, 0.717) is 11.1 Å². The van der Waals surface area contributed by atoms with Crippen molar-refractivity contribution in [1.82, 2.24) is 0 Å². The first-order valence-corrected chi connectivity index (χ1v) is 9.51. The summed E-state index contributed by atoms with van der Waals surface area (Å²) in [6, 6.07) is 3.95. The van der Waals surface area contributed by atoms with Crippen molar-refractivity contribution in [1.29, 1.82) is 0 Å². The van der Waals surface area contributed by atoms with Gasteiger partial charge in [0.2, 0.25) is 0 Å². The molecule has 0 saturated carbocycles. The fourth-order valence-electron chi connectivity index (χ4n) is 2.00. The van der Waals surface area contributed by atoms with Crippen LogP contribution in [0.3, 0.4) is 0 Å². The van der Waals surface area contributed by atoms with Gasteiger partial charge in [0.25, 0.3) is 9.05 Å². The molecule has 2 rings (SSSR count). The van der Waals surface area contributed by atoms with E-state index in [1.54, 1.807) is 0 Å². The highest BCUT2D eigenvalue weighted by Gasteiger charge is 2.20. The maximum Gasteiger partial charge on any atom is 0.339 e. The van der Waals surface area contributed by atoms with Gasteiger partial charge in [-0.3, -0.25) is 0 Å². The third-order valence-electron chi connectivity index (χ3n) is 3.11. The van der Waals surface area contributed by atoms with Gasteiger partial charge >= 0.3 is 5.97 Å². The quantitative estimate of drug-likeness (QED) is 0.577. The van der Waals surface area contributed by atoms with Crippen LogP contribution in [-0.4, -0.2) is 33.7 Å². The van der Waals surface area contributed by atoms with Crippen LogP contribution < -0.4 is 0 Å². The lowest BCUT2D eigenvalue weighted by Gasteiger charge is -2.22. The van der Waals surface area contributed by atoms with Crippen LogP contribution in [0, 0.1) is 0 Å². The molecule has 0 aliphatic carbocycles. The second-order valence-corrected chi connectivity index (χ2v) is 8.09. The summed E-state index contributed by atoms with van der Waals surface area (Å²) in [5.74, 6) is -0.613. The minimum atomic E-state index is -3.89. The average molecular weight is 398 g/mol. The number of carbonyl (C=O) groups is 1. The summed E-state index contributed by atoms with van der Waals surface area (Å²) in [4.78, 5) is 11.9. The van der Waals surface area contributed by atoms with Crippen molar-refractivity contribution in [2.45, 2.75) is 30.3 Å². The van der Waals surface area contributed by atoms with Crippen molar-refractivity contribution in [2.24, 2.45) is 0 Å². The summed E-state index contributed by atoms with van der Waals surface area (Å²) >= 11 is 3.19. The molecule has 1 unspecified atom stereocenters. The van der Waals surface area contributed by atoms with Crippen LogP contribution in [0.15, 0.2) is 27.6 Å². The summed E-state index contributed by atoms with van der Waals surface area (Å²) in [6.07, 6.45) is 2.82. The Labute approximate surface area is 136 Å². The van der Waals surface area contributed by atoms with Crippen LogP contribution in [0.4, 0.5) is 0 Å². The molecular weight excluding hydrogens is 384 g/mol. The van der Waals surface area contributed by atoms with E-state index in [1.165, 1.54) is 18.2 Å². The highest BCUT2D eigenvalue weighted by atomic mass is 79.9. The molecule has 1 aromatic rings. The topological polar surface area (TPSA) is 69.7 Å². The van der Waals surface area contributed by atoms with Gasteiger partial charge in [-0.1, -0.05) is 0 Å². The van der Waals surface area contributed by atoms with E-state index in [9.17, 15) is 13.2 Å². The lowest BCUT2D eigenvalue weighted by molar-refractivity contribution is -0.0300. The highest BCUT2D eigenvalue weighted by molar-refractivity contribution is 9.10. The molecule has 0 amide bonds. The number of rotatable bonds is 4. The molecular formula is C13H14BrClO5S. The summed E-state index contributed by atoms with van der Waals surface area (Å²) in [7, 11) is 1.38. The summed E-state index contributed by atoms with van der Waals surface area (Å²) < 4.78 is 33.7. The van der Waals surface area contributed by atoms with Gasteiger partial charge in [0.1, 0.15) is 6.61 Å². The fraction of sp³-hybridized carbons (Fsp3) is 0.462. The summed E-state index contributed by atoms with van der Waals surface area (Å²) in [5, 5.41) is 0. The van der Waals surface area contributed by atoms with Crippen molar-refractivity contribution >= 4 is 41.6 Å². The zero-order valence-corrected chi connectivity index (χ0v) is 14.2. The van der Waals surface area contributed by atoms with Gasteiger partial charge in [-0.25, -0.2) is 13.2 Å². The number of carbonyl (C=O) groups excluding carboxylic acids is 1. The maximum atomic E-state index is 12.0. The van der Waals surface area contributed by atoms with Gasteiger partial charge in [-0.05, 0) is 53.4 Å². The molecule has 0 bridgehead atoms. The number of esters is 1. The lowest BCUT2D eigenvalue weighted by atomic mass is 10.1. The fourth-order valence-corrected chi connectivity index (χ4v) is 3.18. The molecule has 0 spiro atoms. The summed E-state index contributed by atoms with van der Waals surface area (Å²) in [5.41, 5.74) is 0.118. The van der Waals surface area contributed by atoms with E-state index in [0.717, 1.165) is 19.3 Å². The number of halogens is 2. The Morgan fingerprint density at radius 2 is 2.19 bits per heavy atom. The van der Waals surface area contributed by atoms with Crippen LogP contribution in [0.1, 0.15) is 29.6 Å². The molecule has 116 valence electrons. The third-order valence-corrected chi connectivity index (χ3v) is 5.16. The lowest BCUT2D eigenvalue weighted by Crippen LogP contribution is -2.26. The Balaban J connectivity index is 2.07. The van der Waals surface area contributed by atoms with Crippen molar-refractivity contribution in [3.8, 4) is 0 Å². The predicted molar refractivity (Wildman–Crippen MR) is 81.1 cm³/mol. The van der Waals surface area contributed by atoms with E-state index in [1.807, 2.05) is 0 Å². The van der Waals surface area contributed by atoms with Crippen LogP contribution in [0.25, 0.3) is 0 Å². The Hall–Kier alpha value is -0.630. The van der Waals surface area contributed by atoms with E-state index in [-0.39, 0.29) is 23.2 Å². The van der Waals surface area contributed by atoms with E-state index in [2.05, 4.69) is 15.9 Å². The number of hydrogen-bond acceptors (Lipinski definition) is 5. The maximum absolute atomic E-state index is 12.0. The second kappa shape index (κ2) is 7.09. The summed E-state index contributed by atoms with van der Waals surface area (Å²) in [6.45, 7) is 0.828. The normalized spacial score (nSPS) is 19.2. The molecule has 1 saturated heterocycles. The molecule has 8 heteroatoms. The number of ether oxygens (including phenoxy) is 2. The molecule has 1 aromatic carbocycles. The third kappa shape index (κ3) is 4.67. The molecule has 0 aromatic heterocycles. The smallest absolute Gasteiger partial charge is 0.339 e. The first kappa shape index (κ1) is 16.7. The zero-order valence-electron chi connectivity index (χ0n) is 11.1. The first-order chi connectivity index (χ1) is 9.88. The number of benzene rings is 1. The van der Waals surface area contributed by atoms with Crippen molar-refractivity contribution in [3.05, 3.63) is 28.2 Å². The molecule has 5 nitrogen and oxygen atoms in total. The van der Waals surface area contributed by atoms with Gasteiger partial charge in [0.15, 0.2) is 0 Å². The van der Waals surface area contributed by atoms with Crippen LogP contribution in [0.5, 0.6) is 0 Å².